The van der Waals surface area contributed by atoms with Crippen LogP contribution in [0.1, 0.15) is 0 Å². The van der Waals surface area contributed by atoms with Gasteiger partial charge in [0.1, 0.15) is 0 Å². The normalized spacial score (nSPS) is 13.1. The molecule has 6 nitrogen and oxygen atoms in total. The Kier molecular flexibility index (Phi) is 4.73. The molecule has 0 aromatic heterocycles. The number of aliphatic hydroxyl groups excluding tert-OH is 2. The minimum atomic E-state index is -3.30. The highest BCUT2D eigenvalue weighted by Crippen LogP contribution is 2.15. The molecule has 0 aliphatic rings. The molecule has 0 saturated heterocycles. The van der Waals surface area contributed by atoms with Crippen molar-refractivity contribution in [3.63, 3.8) is 0 Å². The largest absolute Gasteiger partial charge is 0.394 e. The maximum atomic E-state index is 11.0. The highest BCUT2D eigenvalue weighted by molar-refractivity contribution is 7.92. The highest BCUT2D eigenvalue weighted by Gasteiger charge is 2.04. The van der Waals surface area contributed by atoms with Crippen molar-refractivity contribution in [1.29, 1.82) is 0 Å². The molecule has 1 rings (SSSR count). The average Bonchev–Trinajstić information content (AvgIpc) is 2.24. The van der Waals surface area contributed by atoms with Gasteiger partial charge in [-0.3, -0.25) is 4.72 Å². The second kappa shape index (κ2) is 5.85. The Balaban J connectivity index is 2.66. The van der Waals surface area contributed by atoms with Crippen molar-refractivity contribution in [3.05, 3.63) is 24.3 Å². The fraction of sp³-hybridized carbons (Fsp3) is 0.400. The molecular weight excluding hydrogens is 244 g/mol. The van der Waals surface area contributed by atoms with Gasteiger partial charge in [-0.2, -0.15) is 0 Å². The van der Waals surface area contributed by atoms with Crippen molar-refractivity contribution in [1.82, 2.24) is 0 Å². The first kappa shape index (κ1) is 13.8. The molecule has 0 saturated carbocycles. The van der Waals surface area contributed by atoms with Crippen LogP contribution in [0.4, 0.5) is 11.4 Å². The van der Waals surface area contributed by atoms with Crippen LogP contribution in [0.25, 0.3) is 0 Å². The number of anilines is 2. The Morgan fingerprint density at radius 2 is 2.00 bits per heavy atom. The Morgan fingerprint density at radius 1 is 1.35 bits per heavy atom. The molecule has 0 spiro atoms. The topological polar surface area (TPSA) is 98.7 Å². The zero-order chi connectivity index (χ0) is 12.9. The summed E-state index contributed by atoms with van der Waals surface area (Å²) >= 11 is 0. The van der Waals surface area contributed by atoms with Crippen molar-refractivity contribution < 1.29 is 18.6 Å². The molecule has 0 bridgehead atoms. The quantitative estimate of drug-likeness (QED) is 0.569. The SMILES string of the molecule is CS(=O)(=O)Nc1cccc(NCC(O)CO)c1. The van der Waals surface area contributed by atoms with Crippen LogP contribution in [0.15, 0.2) is 24.3 Å². The molecule has 17 heavy (non-hydrogen) atoms. The van der Waals surface area contributed by atoms with Crippen LogP contribution < -0.4 is 10.0 Å². The summed E-state index contributed by atoms with van der Waals surface area (Å²) in [5.41, 5.74) is 1.10. The lowest BCUT2D eigenvalue weighted by molar-refractivity contribution is 0.105. The van der Waals surface area contributed by atoms with E-state index in [0.717, 1.165) is 6.26 Å². The predicted octanol–water partition coefficient (Wildman–Crippen LogP) is -0.177. The van der Waals surface area contributed by atoms with Gasteiger partial charge in [-0.25, -0.2) is 8.42 Å². The summed E-state index contributed by atoms with van der Waals surface area (Å²) in [6.07, 6.45) is 0.226. The van der Waals surface area contributed by atoms with Gasteiger partial charge in [-0.15, -0.1) is 0 Å². The minimum Gasteiger partial charge on any atom is -0.394 e. The van der Waals surface area contributed by atoms with Crippen molar-refractivity contribution in [2.24, 2.45) is 0 Å². The van der Waals surface area contributed by atoms with Crippen LogP contribution in [0.3, 0.4) is 0 Å². The Labute approximate surface area is 100 Å². The lowest BCUT2D eigenvalue weighted by Crippen LogP contribution is -2.22. The third kappa shape index (κ3) is 5.53. The van der Waals surface area contributed by atoms with Crippen LogP contribution in [-0.4, -0.2) is 44.1 Å². The van der Waals surface area contributed by atoms with Gasteiger partial charge in [-0.05, 0) is 18.2 Å². The maximum Gasteiger partial charge on any atom is 0.229 e. The second-order valence-electron chi connectivity index (χ2n) is 3.67. The molecular formula is C10H16N2O4S. The summed E-state index contributed by atoms with van der Waals surface area (Å²) in [6, 6.07) is 6.64. The zero-order valence-corrected chi connectivity index (χ0v) is 10.2. The standard InChI is InChI=1S/C10H16N2O4S/c1-17(15,16)12-9-4-2-3-8(5-9)11-6-10(14)7-13/h2-5,10-14H,6-7H2,1H3. The van der Waals surface area contributed by atoms with Crippen molar-refractivity contribution in [2.75, 3.05) is 29.4 Å². The third-order valence-electron chi connectivity index (χ3n) is 1.92. The minimum absolute atomic E-state index is 0.193. The lowest BCUT2D eigenvalue weighted by Gasteiger charge is -2.11. The summed E-state index contributed by atoms with van der Waals surface area (Å²) in [5, 5.41) is 20.7. The first-order valence-electron chi connectivity index (χ1n) is 5.01. The number of hydrogen-bond donors (Lipinski definition) is 4. The van der Waals surface area contributed by atoms with Gasteiger partial charge in [0.15, 0.2) is 0 Å². The Hall–Kier alpha value is -1.31. The number of sulfonamides is 1. The van der Waals surface area contributed by atoms with Crippen LogP contribution >= 0.6 is 0 Å². The van der Waals surface area contributed by atoms with Crippen LogP contribution in [0.2, 0.25) is 0 Å². The molecule has 0 radical (unpaired) electrons. The molecule has 96 valence electrons. The number of nitrogens with one attached hydrogen (secondary N) is 2. The first-order chi connectivity index (χ1) is 7.90. The fourth-order valence-corrected chi connectivity index (χ4v) is 1.76. The second-order valence-corrected chi connectivity index (χ2v) is 5.42. The molecule has 0 fully saturated rings. The van der Waals surface area contributed by atoms with E-state index in [2.05, 4.69) is 10.0 Å². The van der Waals surface area contributed by atoms with E-state index in [1.807, 2.05) is 0 Å². The van der Waals surface area contributed by atoms with Gasteiger partial charge in [0.05, 0.1) is 24.7 Å². The zero-order valence-electron chi connectivity index (χ0n) is 9.42. The number of hydrogen-bond acceptors (Lipinski definition) is 5. The van der Waals surface area contributed by atoms with E-state index < -0.39 is 16.1 Å². The van der Waals surface area contributed by atoms with Crippen molar-refractivity contribution in [3.8, 4) is 0 Å². The summed E-state index contributed by atoms with van der Waals surface area (Å²) in [5.74, 6) is 0. The molecule has 7 heteroatoms. The molecule has 1 aromatic rings. The van der Waals surface area contributed by atoms with Gasteiger partial charge in [0, 0.05) is 12.2 Å². The molecule has 1 aromatic carbocycles. The first-order valence-corrected chi connectivity index (χ1v) is 6.90. The van der Waals surface area contributed by atoms with Crippen molar-refractivity contribution >= 4 is 21.4 Å². The monoisotopic (exact) mass is 260 g/mol. The van der Waals surface area contributed by atoms with Crippen molar-refractivity contribution in [2.45, 2.75) is 6.10 Å². The number of benzene rings is 1. The van der Waals surface area contributed by atoms with Gasteiger partial charge >= 0.3 is 0 Å². The van der Waals surface area contributed by atoms with E-state index in [1.54, 1.807) is 24.3 Å². The van der Waals surface area contributed by atoms with E-state index in [9.17, 15) is 8.42 Å². The van der Waals surface area contributed by atoms with Gasteiger partial charge in [0.25, 0.3) is 0 Å². The summed E-state index contributed by atoms with van der Waals surface area (Å²) in [6.45, 7) is -0.132. The van der Waals surface area contributed by atoms with Crippen LogP contribution in [0, 0.1) is 0 Å². The van der Waals surface area contributed by atoms with Gasteiger partial charge in [-0.1, -0.05) is 6.07 Å². The highest BCUT2D eigenvalue weighted by atomic mass is 32.2. The number of rotatable bonds is 6. The Bertz CT molecular complexity index is 461. The molecule has 0 heterocycles. The van der Waals surface area contributed by atoms with E-state index in [1.165, 1.54) is 0 Å². The summed E-state index contributed by atoms with van der Waals surface area (Å²) in [4.78, 5) is 0. The molecule has 1 unspecified atom stereocenters. The number of aliphatic hydroxyl groups is 2. The van der Waals surface area contributed by atoms with E-state index in [-0.39, 0.29) is 13.2 Å². The van der Waals surface area contributed by atoms with E-state index >= 15 is 0 Å². The summed E-state index contributed by atoms with van der Waals surface area (Å²) in [7, 11) is -3.30. The molecule has 1 atom stereocenters. The van der Waals surface area contributed by atoms with Gasteiger partial charge < -0.3 is 15.5 Å². The smallest absolute Gasteiger partial charge is 0.229 e. The van der Waals surface area contributed by atoms with Gasteiger partial charge in [0.2, 0.25) is 10.0 Å². The molecule has 0 aliphatic heterocycles. The maximum absolute atomic E-state index is 11.0. The fourth-order valence-electron chi connectivity index (χ4n) is 1.21. The molecule has 4 N–H and O–H groups in total. The van der Waals surface area contributed by atoms with E-state index in [4.69, 9.17) is 10.2 Å². The third-order valence-corrected chi connectivity index (χ3v) is 2.52. The molecule has 0 amide bonds. The average molecular weight is 260 g/mol. The van der Waals surface area contributed by atoms with Crippen LogP contribution in [0.5, 0.6) is 0 Å². The van der Waals surface area contributed by atoms with E-state index in [0.29, 0.717) is 11.4 Å². The molecule has 0 aliphatic carbocycles. The summed E-state index contributed by atoms with van der Waals surface area (Å²) < 4.78 is 24.4. The Morgan fingerprint density at radius 3 is 2.59 bits per heavy atom. The predicted molar refractivity (Wildman–Crippen MR) is 66.5 cm³/mol. The lowest BCUT2D eigenvalue weighted by atomic mass is 10.2. The van der Waals surface area contributed by atoms with Crippen LogP contribution in [-0.2, 0) is 10.0 Å².